The molecule has 0 nitrogen and oxygen atoms in total. The van der Waals surface area contributed by atoms with Crippen molar-refractivity contribution in [1.82, 2.24) is 0 Å². The van der Waals surface area contributed by atoms with Gasteiger partial charge in [0.2, 0.25) is 0 Å². The Bertz CT molecular complexity index is 138. The molecule has 0 heterocycles. The van der Waals surface area contributed by atoms with E-state index in [2.05, 4.69) is 20.4 Å². The highest BCUT2D eigenvalue weighted by atomic mass is 14.3. The molecule has 0 heteroatoms. The minimum absolute atomic E-state index is 0.601. The van der Waals surface area contributed by atoms with E-state index in [-0.39, 0.29) is 0 Å². The van der Waals surface area contributed by atoms with Crippen molar-refractivity contribution in [3.05, 3.63) is 12.2 Å². The minimum Gasteiger partial charge on any atom is -0.100 e. The standard InChI is InChI=1S/C11H20/c1-10(2)9-11(3)7-5-4-6-8-11/h1,4-9H2,2-3H3. The molecule has 0 aromatic heterocycles. The maximum absolute atomic E-state index is 3.99. The first kappa shape index (κ1) is 8.83. The fraction of sp³-hybridized carbons (Fsp3) is 0.818. The van der Waals surface area contributed by atoms with Gasteiger partial charge in [0.1, 0.15) is 0 Å². The first-order valence-corrected chi connectivity index (χ1v) is 4.77. The summed E-state index contributed by atoms with van der Waals surface area (Å²) in [5.74, 6) is 0. The van der Waals surface area contributed by atoms with Crippen molar-refractivity contribution < 1.29 is 0 Å². The van der Waals surface area contributed by atoms with Crippen LogP contribution in [0, 0.1) is 5.41 Å². The van der Waals surface area contributed by atoms with Gasteiger partial charge >= 0.3 is 0 Å². The maximum atomic E-state index is 3.99. The van der Waals surface area contributed by atoms with Gasteiger partial charge in [-0.1, -0.05) is 31.8 Å². The number of allylic oxidation sites excluding steroid dienone is 1. The summed E-state index contributed by atoms with van der Waals surface area (Å²) in [6, 6.07) is 0. The second kappa shape index (κ2) is 3.42. The summed E-state index contributed by atoms with van der Waals surface area (Å²) in [6.45, 7) is 8.56. The molecule has 1 aliphatic carbocycles. The van der Waals surface area contributed by atoms with E-state index in [1.54, 1.807) is 0 Å². The van der Waals surface area contributed by atoms with Gasteiger partial charge in [0.25, 0.3) is 0 Å². The zero-order valence-corrected chi connectivity index (χ0v) is 7.95. The van der Waals surface area contributed by atoms with Gasteiger partial charge in [-0.2, -0.15) is 0 Å². The number of hydrogen-bond donors (Lipinski definition) is 0. The van der Waals surface area contributed by atoms with Gasteiger partial charge in [0.15, 0.2) is 0 Å². The largest absolute Gasteiger partial charge is 0.100 e. The molecule has 0 aliphatic heterocycles. The van der Waals surface area contributed by atoms with Gasteiger partial charge in [-0.3, -0.25) is 0 Å². The van der Waals surface area contributed by atoms with Crippen LogP contribution in [-0.2, 0) is 0 Å². The van der Waals surface area contributed by atoms with Crippen LogP contribution in [0.5, 0.6) is 0 Å². The van der Waals surface area contributed by atoms with E-state index in [0.29, 0.717) is 5.41 Å². The Morgan fingerprint density at radius 3 is 2.27 bits per heavy atom. The van der Waals surface area contributed by atoms with E-state index in [1.165, 1.54) is 44.1 Å². The van der Waals surface area contributed by atoms with Crippen LogP contribution in [0.15, 0.2) is 12.2 Å². The molecule has 0 radical (unpaired) electrons. The van der Waals surface area contributed by atoms with Crippen molar-refractivity contribution in [2.24, 2.45) is 5.41 Å². The van der Waals surface area contributed by atoms with Gasteiger partial charge in [-0.05, 0) is 31.6 Å². The SMILES string of the molecule is C=C(C)CC1(C)CCCCC1. The molecule has 1 aliphatic rings. The average Bonchev–Trinajstić information content (AvgIpc) is 1.85. The minimum atomic E-state index is 0.601. The topological polar surface area (TPSA) is 0 Å². The molecular weight excluding hydrogens is 132 g/mol. The maximum Gasteiger partial charge on any atom is -0.0271 e. The van der Waals surface area contributed by atoms with Crippen LogP contribution in [0.3, 0.4) is 0 Å². The first-order chi connectivity index (χ1) is 5.12. The summed E-state index contributed by atoms with van der Waals surface area (Å²) in [6.07, 6.45) is 8.39. The normalized spacial score (nSPS) is 23.1. The van der Waals surface area contributed by atoms with Crippen molar-refractivity contribution in [2.45, 2.75) is 52.4 Å². The Hall–Kier alpha value is -0.260. The van der Waals surface area contributed by atoms with Crippen LogP contribution in [0.1, 0.15) is 52.4 Å². The Balaban J connectivity index is 2.43. The van der Waals surface area contributed by atoms with Crippen molar-refractivity contribution in [3.8, 4) is 0 Å². The molecule has 0 N–H and O–H groups in total. The molecule has 0 amide bonds. The first-order valence-electron chi connectivity index (χ1n) is 4.77. The van der Waals surface area contributed by atoms with Gasteiger partial charge in [0.05, 0.1) is 0 Å². The van der Waals surface area contributed by atoms with Crippen molar-refractivity contribution >= 4 is 0 Å². The molecular formula is C11H20. The number of rotatable bonds is 2. The third-order valence-corrected chi connectivity index (χ3v) is 2.79. The summed E-state index contributed by atoms with van der Waals surface area (Å²) >= 11 is 0. The molecule has 1 rings (SSSR count). The number of hydrogen-bond acceptors (Lipinski definition) is 0. The van der Waals surface area contributed by atoms with Crippen LogP contribution in [0.4, 0.5) is 0 Å². The predicted molar refractivity (Wildman–Crippen MR) is 50.6 cm³/mol. The lowest BCUT2D eigenvalue weighted by Crippen LogP contribution is -2.19. The molecule has 11 heavy (non-hydrogen) atoms. The second-order valence-electron chi connectivity index (χ2n) is 4.51. The van der Waals surface area contributed by atoms with E-state index in [1.807, 2.05) is 0 Å². The third-order valence-electron chi connectivity index (χ3n) is 2.79. The van der Waals surface area contributed by atoms with Gasteiger partial charge < -0.3 is 0 Å². The zero-order chi connectivity index (χ0) is 8.32. The molecule has 64 valence electrons. The highest BCUT2D eigenvalue weighted by molar-refractivity contribution is 4.96. The van der Waals surface area contributed by atoms with E-state index in [0.717, 1.165) is 0 Å². The van der Waals surface area contributed by atoms with Gasteiger partial charge in [0, 0.05) is 0 Å². The summed E-state index contributed by atoms with van der Waals surface area (Å²) in [4.78, 5) is 0. The third kappa shape index (κ3) is 2.69. The summed E-state index contributed by atoms with van der Waals surface area (Å²) < 4.78 is 0. The van der Waals surface area contributed by atoms with E-state index in [4.69, 9.17) is 0 Å². The average molecular weight is 152 g/mol. The summed E-state index contributed by atoms with van der Waals surface area (Å²) in [5.41, 5.74) is 1.96. The van der Waals surface area contributed by atoms with Crippen molar-refractivity contribution in [2.75, 3.05) is 0 Å². The lowest BCUT2D eigenvalue weighted by atomic mass is 9.72. The molecule has 0 bridgehead atoms. The highest BCUT2D eigenvalue weighted by Crippen LogP contribution is 2.40. The summed E-state index contributed by atoms with van der Waals surface area (Å²) in [5, 5.41) is 0. The smallest absolute Gasteiger partial charge is 0.0271 e. The summed E-state index contributed by atoms with van der Waals surface area (Å²) in [7, 11) is 0. The fourth-order valence-corrected chi connectivity index (χ4v) is 2.31. The van der Waals surface area contributed by atoms with E-state index in [9.17, 15) is 0 Å². The van der Waals surface area contributed by atoms with Crippen LogP contribution in [0.2, 0.25) is 0 Å². The Morgan fingerprint density at radius 2 is 1.82 bits per heavy atom. The zero-order valence-electron chi connectivity index (χ0n) is 7.95. The molecule has 0 spiro atoms. The molecule has 0 unspecified atom stereocenters. The molecule has 1 fully saturated rings. The lowest BCUT2D eigenvalue weighted by molar-refractivity contribution is 0.215. The molecule has 0 atom stereocenters. The van der Waals surface area contributed by atoms with E-state index >= 15 is 0 Å². The van der Waals surface area contributed by atoms with Crippen LogP contribution < -0.4 is 0 Å². The van der Waals surface area contributed by atoms with Crippen molar-refractivity contribution in [1.29, 1.82) is 0 Å². The van der Waals surface area contributed by atoms with Crippen LogP contribution >= 0.6 is 0 Å². The predicted octanol–water partition coefficient (Wildman–Crippen LogP) is 3.92. The molecule has 1 saturated carbocycles. The Labute approximate surface area is 70.7 Å². The van der Waals surface area contributed by atoms with Crippen LogP contribution in [-0.4, -0.2) is 0 Å². The lowest BCUT2D eigenvalue weighted by Gasteiger charge is -2.33. The van der Waals surface area contributed by atoms with Gasteiger partial charge in [-0.25, -0.2) is 0 Å². The quantitative estimate of drug-likeness (QED) is 0.526. The highest BCUT2D eigenvalue weighted by Gasteiger charge is 2.25. The molecule has 0 saturated heterocycles. The van der Waals surface area contributed by atoms with E-state index < -0.39 is 0 Å². The molecule has 0 aromatic rings. The monoisotopic (exact) mass is 152 g/mol. The van der Waals surface area contributed by atoms with Crippen LogP contribution in [0.25, 0.3) is 0 Å². The Kier molecular flexibility index (Phi) is 2.75. The fourth-order valence-electron chi connectivity index (χ4n) is 2.31. The van der Waals surface area contributed by atoms with Gasteiger partial charge in [-0.15, -0.1) is 6.58 Å². The second-order valence-corrected chi connectivity index (χ2v) is 4.51. The van der Waals surface area contributed by atoms with Crippen molar-refractivity contribution in [3.63, 3.8) is 0 Å². The molecule has 0 aromatic carbocycles. The Morgan fingerprint density at radius 1 is 1.27 bits per heavy atom.